The number of benzene rings is 1. The molecule has 1 aliphatic rings. The Kier molecular flexibility index (Phi) is 5.16. The van der Waals surface area contributed by atoms with Gasteiger partial charge in [-0.25, -0.2) is 13.2 Å². The number of nitrogens with zero attached hydrogens (tertiary/aromatic N) is 1. The van der Waals surface area contributed by atoms with Crippen LogP contribution in [0.15, 0.2) is 18.2 Å². The fraction of sp³-hybridized carbons (Fsp3) is 0.429. The van der Waals surface area contributed by atoms with E-state index in [0.29, 0.717) is 5.75 Å². The zero-order valence-corrected chi connectivity index (χ0v) is 14.2. The molecule has 0 aliphatic carbocycles. The van der Waals surface area contributed by atoms with Crippen molar-refractivity contribution in [3.63, 3.8) is 0 Å². The third-order valence-electron chi connectivity index (χ3n) is 3.48. The molecule has 0 spiro atoms. The zero-order valence-electron chi connectivity index (χ0n) is 12.6. The maximum Gasteiger partial charge on any atom is 0.340 e. The molecule has 1 aromatic rings. The summed E-state index contributed by atoms with van der Waals surface area (Å²) in [6.07, 6.45) is -0.222. The summed E-state index contributed by atoms with van der Waals surface area (Å²) in [6, 6.07) is 4.54. The highest BCUT2D eigenvalue weighted by molar-refractivity contribution is 8.14. The first kappa shape index (κ1) is 17.6. The molecule has 126 valence electrons. The smallest absolute Gasteiger partial charge is 0.340 e. The molecule has 1 aliphatic heterocycles. The Labute approximate surface area is 138 Å². The lowest BCUT2D eigenvalue weighted by atomic mass is 10.1. The number of hydrogen-bond donors (Lipinski definition) is 0. The van der Waals surface area contributed by atoms with E-state index in [-0.39, 0.29) is 30.8 Å². The van der Waals surface area contributed by atoms with Gasteiger partial charge in [-0.15, -0.1) is 0 Å². The van der Waals surface area contributed by atoms with Crippen molar-refractivity contribution in [3.8, 4) is 5.75 Å². The van der Waals surface area contributed by atoms with E-state index < -0.39 is 26.2 Å². The van der Waals surface area contributed by atoms with Crippen LogP contribution in [0.25, 0.3) is 0 Å². The Balaban J connectivity index is 2.42. The second-order valence-electron chi connectivity index (χ2n) is 4.91. The number of esters is 1. The highest BCUT2D eigenvalue weighted by atomic mass is 35.7. The molecule has 0 aromatic heterocycles. The van der Waals surface area contributed by atoms with E-state index >= 15 is 0 Å². The van der Waals surface area contributed by atoms with Gasteiger partial charge in [0.1, 0.15) is 11.0 Å². The lowest BCUT2D eigenvalue weighted by Gasteiger charge is -2.20. The van der Waals surface area contributed by atoms with Gasteiger partial charge in [-0.2, -0.15) is 0 Å². The largest absolute Gasteiger partial charge is 0.497 e. The number of carbonyl (C=O) groups excluding carboxylic acids is 2. The summed E-state index contributed by atoms with van der Waals surface area (Å²) in [7, 11) is 2.92. The Bertz CT molecular complexity index is 733. The van der Waals surface area contributed by atoms with Crippen molar-refractivity contribution < 1.29 is 27.5 Å². The fourth-order valence-electron chi connectivity index (χ4n) is 2.35. The van der Waals surface area contributed by atoms with Crippen molar-refractivity contribution in [1.82, 2.24) is 0 Å². The van der Waals surface area contributed by atoms with E-state index in [2.05, 4.69) is 0 Å². The van der Waals surface area contributed by atoms with Gasteiger partial charge < -0.3 is 14.4 Å². The van der Waals surface area contributed by atoms with Gasteiger partial charge in [0.2, 0.25) is 15.0 Å². The van der Waals surface area contributed by atoms with E-state index in [1.807, 2.05) is 0 Å². The van der Waals surface area contributed by atoms with Crippen LogP contribution >= 0.6 is 10.7 Å². The highest BCUT2D eigenvalue weighted by Crippen LogP contribution is 2.32. The molecule has 0 saturated carbocycles. The summed E-state index contributed by atoms with van der Waals surface area (Å²) in [4.78, 5) is 25.5. The Morgan fingerprint density at radius 2 is 2.13 bits per heavy atom. The first-order valence-corrected chi connectivity index (χ1v) is 9.24. The molecule has 2 rings (SSSR count). The summed E-state index contributed by atoms with van der Waals surface area (Å²) < 4.78 is 33.0. The maximum atomic E-state index is 12.1. The van der Waals surface area contributed by atoms with Crippen LogP contribution in [0.2, 0.25) is 0 Å². The van der Waals surface area contributed by atoms with Crippen LogP contribution in [-0.2, 0) is 18.6 Å². The first-order valence-electron chi connectivity index (χ1n) is 6.87. The minimum atomic E-state index is -3.86. The summed E-state index contributed by atoms with van der Waals surface area (Å²) in [5.41, 5.74) is 0.407. The molecule has 1 unspecified atom stereocenters. The van der Waals surface area contributed by atoms with Gasteiger partial charge in [0.05, 0.1) is 25.0 Å². The Hall–Kier alpha value is -1.80. The maximum absolute atomic E-state index is 12.1. The van der Waals surface area contributed by atoms with Crippen molar-refractivity contribution in [2.24, 2.45) is 0 Å². The summed E-state index contributed by atoms with van der Waals surface area (Å²) in [5.74, 6) is -0.619. The summed E-state index contributed by atoms with van der Waals surface area (Å²) in [6.45, 7) is 1.72. The van der Waals surface area contributed by atoms with Gasteiger partial charge in [-0.3, -0.25) is 4.79 Å². The number of amides is 1. The SMILES string of the molecule is CCOC(=O)c1cc(OC)ccc1N1CC(S(=O)(=O)Cl)CC1=O. The average molecular weight is 362 g/mol. The van der Waals surface area contributed by atoms with E-state index in [1.54, 1.807) is 13.0 Å². The zero-order chi connectivity index (χ0) is 17.2. The van der Waals surface area contributed by atoms with E-state index in [9.17, 15) is 18.0 Å². The van der Waals surface area contributed by atoms with Crippen molar-refractivity contribution in [1.29, 1.82) is 0 Å². The van der Waals surface area contributed by atoms with Gasteiger partial charge in [0.25, 0.3) is 0 Å². The molecule has 1 heterocycles. The molecule has 1 fully saturated rings. The van der Waals surface area contributed by atoms with Crippen LogP contribution in [-0.4, -0.2) is 45.8 Å². The topological polar surface area (TPSA) is 90.0 Å². The van der Waals surface area contributed by atoms with E-state index in [4.69, 9.17) is 20.2 Å². The minimum Gasteiger partial charge on any atom is -0.497 e. The molecule has 1 saturated heterocycles. The summed E-state index contributed by atoms with van der Waals surface area (Å²) in [5, 5.41) is -1.01. The van der Waals surface area contributed by atoms with Crippen LogP contribution < -0.4 is 9.64 Å². The van der Waals surface area contributed by atoms with E-state index in [1.165, 1.54) is 24.1 Å². The second kappa shape index (κ2) is 6.76. The standard InChI is InChI=1S/C14H16ClNO6S/c1-3-22-14(18)11-6-9(21-2)4-5-12(11)16-8-10(7-13(16)17)23(15,19)20/h4-6,10H,3,7-8H2,1-2H3. The fourth-order valence-corrected chi connectivity index (χ4v) is 3.37. The summed E-state index contributed by atoms with van der Waals surface area (Å²) >= 11 is 0. The lowest BCUT2D eigenvalue weighted by molar-refractivity contribution is -0.117. The predicted octanol–water partition coefficient (Wildman–Crippen LogP) is 1.55. The quantitative estimate of drug-likeness (QED) is 0.583. The molecule has 7 nitrogen and oxygen atoms in total. The van der Waals surface area contributed by atoms with Gasteiger partial charge in [0, 0.05) is 23.6 Å². The number of methoxy groups -OCH3 is 1. The molecular weight excluding hydrogens is 346 g/mol. The molecule has 0 N–H and O–H groups in total. The molecule has 1 amide bonds. The van der Waals surface area contributed by atoms with Crippen molar-refractivity contribution in [2.45, 2.75) is 18.6 Å². The third-order valence-corrected chi connectivity index (χ3v) is 5.35. The normalized spacial score (nSPS) is 18.1. The van der Waals surface area contributed by atoms with Gasteiger partial charge >= 0.3 is 5.97 Å². The van der Waals surface area contributed by atoms with Crippen LogP contribution in [0, 0.1) is 0 Å². The number of carbonyl (C=O) groups is 2. The van der Waals surface area contributed by atoms with Crippen LogP contribution in [0.4, 0.5) is 5.69 Å². The molecule has 23 heavy (non-hydrogen) atoms. The molecule has 0 bridgehead atoms. The van der Waals surface area contributed by atoms with Crippen molar-refractivity contribution >= 4 is 37.3 Å². The predicted molar refractivity (Wildman–Crippen MR) is 84.5 cm³/mol. The molecule has 9 heteroatoms. The molecular formula is C14H16ClNO6S. The number of anilines is 1. The first-order chi connectivity index (χ1) is 10.8. The molecule has 1 aromatic carbocycles. The number of hydrogen-bond acceptors (Lipinski definition) is 6. The Morgan fingerprint density at radius 3 is 2.65 bits per heavy atom. The van der Waals surface area contributed by atoms with Crippen LogP contribution in [0.3, 0.4) is 0 Å². The second-order valence-corrected chi connectivity index (χ2v) is 7.82. The van der Waals surface area contributed by atoms with Gasteiger partial charge in [-0.1, -0.05) is 0 Å². The van der Waals surface area contributed by atoms with E-state index in [0.717, 1.165) is 0 Å². The van der Waals surface area contributed by atoms with Crippen molar-refractivity contribution in [2.75, 3.05) is 25.2 Å². The minimum absolute atomic E-state index is 0.108. The van der Waals surface area contributed by atoms with Crippen LogP contribution in [0.1, 0.15) is 23.7 Å². The molecule has 1 atom stereocenters. The Morgan fingerprint density at radius 1 is 1.43 bits per heavy atom. The monoisotopic (exact) mass is 361 g/mol. The number of halogens is 1. The van der Waals surface area contributed by atoms with Crippen LogP contribution in [0.5, 0.6) is 5.75 Å². The average Bonchev–Trinajstić information content (AvgIpc) is 2.89. The van der Waals surface area contributed by atoms with Gasteiger partial charge in [0.15, 0.2) is 0 Å². The van der Waals surface area contributed by atoms with Gasteiger partial charge in [-0.05, 0) is 25.1 Å². The highest BCUT2D eigenvalue weighted by Gasteiger charge is 2.39. The lowest BCUT2D eigenvalue weighted by Crippen LogP contribution is -2.28. The number of ether oxygens (including phenoxy) is 2. The van der Waals surface area contributed by atoms with Crippen molar-refractivity contribution in [3.05, 3.63) is 23.8 Å². The number of rotatable bonds is 5. The third kappa shape index (κ3) is 3.76. The molecule has 0 radical (unpaired) electrons.